The molecule has 3 nitrogen and oxygen atoms in total. The van der Waals surface area contributed by atoms with Gasteiger partial charge in [-0.25, -0.2) is 0 Å². The van der Waals surface area contributed by atoms with E-state index in [-0.39, 0.29) is 18.1 Å². The first-order valence-corrected chi connectivity index (χ1v) is 6.98. The lowest BCUT2D eigenvalue weighted by Gasteiger charge is -2.46. The monoisotopic (exact) mass is 263 g/mol. The van der Waals surface area contributed by atoms with Gasteiger partial charge in [0, 0.05) is 17.0 Å². The average Bonchev–Trinajstić information content (AvgIpc) is 2.32. The molecular weight excluding hydrogens is 238 g/mol. The number of aliphatic hydroxyl groups excluding tert-OH is 1. The van der Waals surface area contributed by atoms with Crippen molar-refractivity contribution in [2.75, 3.05) is 13.7 Å². The van der Waals surface area contributed by atoms with Crippen LogP contribution in [0.15, 0.2) is 6.07 Å². The molecule has 0 aromatic heterocycles. The third kappa shape index (κ3) is 2.15. The largest absolute Gasteiger partial charge is 0.496 e. The number of aliphatic hydroxyl groups is 1. The fourth-order valence-electron chi connectivity index (χ4n) is 3.23. The SMILES string of the molecule is COc1c(C)c(C)cc(C)c1C(N)C1(CO)CCC1. The highest BCUT2D eigenvalue weighted by molar-refractivity contribution is 5.51. The second-order valence-corrected chi connectivity index (χ2v) is 5.93. The van der Waals surface area contributed by atoms with Crippen LogP contribution in [0.2, 0.25) is 0 Å². The maximum Gasteiger partial charge on any atom is 0.127 e. The number of aryl methyl sites for hydroxylation is 2. The summed E-state index contributed by atoms with van der Waals surface area (Å²) >= 11 is 0. The Morgan fingerprint density at radius 3 is 2.37 bits per heavy atom. The third-order valence-corrected chi connectivity index (χ3v) is 4.87. The molecular formula is C16H25NO2. The molecule has 1 saturated carbocycles. The topological polar surface area (TPSA) is 55.5 Å². The predicted octanol–water partition coefficient (Wildman–Crippen LogP) is 2.78. The molecule has 0 bridgehead atoms. The zero-order valence-electron chi connectivity index (χ0n) is 12.4. The Kier molecular flexibility index (Phi) is 3.88. The number of methoxy groups -OCH3 is 1. The van der Waals surface area contributed by atoms with Crippen molar-refractivity contribution in [2.45, 2.75) is 46.1 Å². The van der Waals surface area contributed by atoms with Crippen LogP contribution in [0.25, 0.3) is 0 Å². The molecule has 19 heavy (non-hydrogen) atoms. The van der Waals surface area contributed by atoms with E-state index in [1.165, 1.54) is 5.56 Å². The Hall–Kier alpha value is -1.06. The molecule has 1 unspecified atom stereocenters. The first-order chi connectivity index (χ1) is 8.96. The molecule has 0 spiro atoms. The van der Waals surface area contributed by atoms with Gasteiger partial charge in [0.05, 0.1) is 13.7 Å². The zero-order valence-corrected chi connectivity index (χ0v) is 12.4. The Bertz CT molecular complexity index is 473. The molecule has 1 aromatic rings. The minimum atomic E-state index is -0.153. The van der Waals surface area contributed by atoms with Crippen LogP contribution in [0.1, 0.15) is 47.6 Å². The van der Waals surface area contributed by atoms with E-state index in [2.05, 4.69) is 26.8 Å². The minimum Gasteiger partial charge on any atom is -0.496 e. The van der Waals surface area contributed by atoms with Crippen LogP contribution in [0.3, 0.4) is 0 Å². The molecule has 106 valence electrons. The van der Waals surface area contributed by atoms with E-state index in [0.29, 0.717) is 0 Å². The van der Waals surface area contributed by atoms with E-state index >= 15 is 0 Å². The molecule has 0 radical (unpaired) electrons. The molecule has 1 aliphatic carbocycles. The van der Waals surface area contributed by atoms with Crippen molar-refractivity contribution < 1.29 is 9.84 Å². The van der Waals surface area contributed by atoms with Crippen molar-refractivity contribution in [3.8, 4) is 5.75 Å². The molecule has 1 atom stereocenters. The van der Waals surface area contributed by atoms with Gasteiger partial charge in [0.1, 0.15) is 5.75 Å². The molecule has 0 aliphatic heterocycles. The molecule has 2 rings (SSSR count). The van der Waals surface area contributed by atoms with Gasteiger partial charge in [-0.1, -0.05) is 12.5 Å². The Morgan fingerprint density at radius 1 is 1.32 bits per heavy atom. The molecule has 0 heterocycles. The number of ether oxygens (including phenoxy) is 1. The molecule has 0 saturated heterocycles. The van der Waals surface area contributed by atoms with Gasteiger partial charge < -0.3 is 15.6 Å². The number of nitrogens with two attached hydrogens (primary N) is 1. The van der Waals surface area contributed by atoms with Gasteiger partial charge in [-0.2, -0.15) is 0 Å². The predicted molar refractivity (Wildman–Crippen MR) is 77.5 cm³/mol. The van der Waals surface area contributed by atoms with Crippen LogP contribution in [-0.4, -0.2) is 18.8 Å². The highest BCUT2D eigenvalue weighted by atomic mass is 16.5. The van der Waals surface area contributed by atoms with Crippen LogP contribution < -0.4 is 10.5 Å². The van der Waals surface area contributed by atoms with Gasteiger partial charge in [-0.15, -0.1) is 0 Å². The molecule has 1 fully saturated rings. The number of hydrogen-bond donors (Lipinski definition) is 2. The van der Waals surface area contributed by atoms with Gasteiger partial charge in [0.2, 0.25) is 0 Å². The van der Waals surface area contributed by atoms with Crippen LogP contribution in [0.5, 0.6) is 5.75 Å². The molecule has 1 aliphatic rings. The molecule has 3 N–H and O–H groups in total. The quantitative estimate of drug-likeness (QED) is 0.878. The smallest absolute Gasteiger partial charge is 0.127 e. The highest BCUT2D eigenvalue weighted by Gasteiger charge is 2.44. The Morgan fingerprint density at radius 2 is 1.95 bits per heavy atom. The second kappa shape index (κ2) is 5.14. The van der Waals surface area contributed by atoms with E-state index in [1.54, 1.807) is 7.11 Å². The van der Waals surface area contributed by atoms with Gasteiger partial charge in [0.15, 0.2) is 0 Å². The van der Waals surface area contributed by atoms with E-state index in [9.17, 15) is 5.11 Å². The first kappa shape index (κ1) is 14.4. The van der Waals surface area contributed by atoms with Gasteiger partial charge >= 0.3 is 0 Å². The van der Waals surface area contributed by atoms with Gasteiger partial charge in [-0.05, 0) is 50.3 Å². The maximum atomic E-state index is 9.73. The summed E-state index contributed by atoms with van der Waals surface area (Å²) in [4.78, 5) is 0. The fraction of sp³-hybridized carbons (Fsp3) is 0.625. The summed E-state index contributed by atoms with van der Waals surface area (Å²) in [6.07, 6.45) is 3.15. The molecule has 3 heteroatoms. The summed E-state index contributed by atoms with van der Waals surface area (Å²) in [7, 11) is 1.70. The van der Waals surface area contributed by atoms with Crippen LogP contribution >= 0.6 is 0 Å². The van der Waals surface area contributed by atoms with Crippen LogP contribution in [0, 0.1) is 26.2 Å². The Labute approximate surface area is 115 Å². The summed E-state index contributed by atoms with van der Waals surface area (Å²) < 4.78 is 5.61. The number of rotatable bonds is 4. The summed E-state index contributed by atoms with van der Waals surface area (Å²) in [5.41, 5.74) is 10.9. The van der Waals surface area contributed by atoms with Gasteiger partial charge in [0.25, 0.3) is 0 Å². The normalized spacial score (nSPS) is 18.8. The van der Waals surface area contributed by atoms with Crippen molar-refractivity contribution in [3.05, 3.63) is 28.3 Å². The van der Waals surface area contributed by atoms with E-state index in [1.807, 2.05) is 0 Å². The molecule has 0 amide bonds. The number of benzene rings is 1. The van der Waals surface area contributed by atoms with E-state index in [0.717, 1.165) is 41.7 Å². The van der Waals surface area contributed by atoms with Crippen molar-refractivity contribution in [2.24, 2.45) is 11.1 Å². The van der Waals surface area contributed by atoms with Crippen LogP contribution in [0.4, 0.5) is 0 Å². The third-order valence-electron chi connectivity index (χ3n) is 4.87. The first-order valence-electron chi connectivity index (χ1n) is 6.98. The Balaban J connectivity index is 2.52. The summed E-state index contributed by atoms with van der Waals surface area (Å²) in [5, 5.41) is 9.73. The minimum absolute atomic E-state index is 0.152. The standard InChI is InChI=1S/C16H25NO2/c1-10-8-11(2)13(14(19-4)12(10)3)15(17)16(9-18)6-5-7-16/h8,15,18H,5-7,9,17H2,1-4H3. The van der Waals surface area contributed by atoms with Crippen molar-refractivity contribution in [1.82, 2.24) is 0 Å². The van der Waals surface area contributed by atoms with E-state index < -0.39 is 0 Å². The lowest BCUT2D eigenvalue weighted by atomic mass is 9.62. The van der Waals surface area contributed by atoms with Crippen molar-refractivity contribution in [3.63, 3.8) is 0 Å². The van der Waals surface area contributed by atoms with Crippen molar-refractivity contribution in [1.29, 1.82) is 0 Å². The summed E-state index contributed by atoms with van der Waals surface area (Å²) in [6, 6.07) is 2.01. The number of hydrogen-bond acceptors (Lipinski definition) is 3. The molecule has 1 aromatic carbocycles. The van der Waals surface area contributed by atoms with Gasteiger partial charge in [-0.3, -0.25) is 0 Å². The zero-order chi connectivity index (χ0) is 14.2. The fourth-order valence-corrected chi connectivity index (χ4v) is 3.23. The lowest BCUT2D eigenvalue weighted by molar-refractivity contribution is 0.0175. The second-order valence-electron chi connectivity index (χ2n) is 5.93. The van der Waals surface area contributed by atoms with Crippen LogP contribution in [-0.2, 0) is 0 Å². The highest BCUT2D eigenvalue weighted by Crippen LogP contribution is 2.51. The average molecular weight is 263 g/mol. The summed E-state index contributed by atoms with van der Waals surface area (Å²) in [5.74, 6) is 0.893. The maximum absolute atomic E-state index is 9.73. The van der Waals surface area contributed by atoms with E-state index in [4.69, 9.17) is 10.5 Å². The van der Waals surface area contributed by atoms with Crippen molar-refractivity contribution >= 4 is 0 Å². The lowest BCUT2D eigenvalue weighted by Crippen LogP contribution is -2.43. The summed E-state index contributed by atoms with van der Waals surface area (Å²) in [6.45, 7) is 6.39.